The molecule has 4 atom stereocenters. The van der Waals surface area contributed by atoms with Crippen LogP contribution in [0.3, 0.4) is 0 Å². The SMILES string of the molecule is O=C(O)Cc1ncn(C2OC(CO)C(O)C2O)c1[N+](=O)[O-]. The van der Waals surface area contributed by atoms with Crippen molar-refractivity contribution < 1.29 is 34.9 Å². The first-order valence-electron chi connectivity index (χ1n) is 5.91. The van der Waals surface area contributed by atoms with Crippen LogP contribution >= 0.6 is 0 Å². The highest BCUT2D eigenvalue weighted by Crippen LogP contribution is 2.33. The van der Waals surface area contributed by atoms with Crippen LogP contribution in [0.5, 0.6) is 0 Å². The summed E-state index contributed by atoms with van der Waals surface area (Å²) in [6, 6.07) is 0. The van der Waals surface area contributed by atoms with E-state index in [1.54, 1.807) is 0 Å². The number of imidazole rings is 1. The predicted molar refractivity (Wildman–Crippen MR) is 63.2 cm³/mol. The summed E-state index contributed by atoms with van der Waals surface area (Å²) in [6.45, 7) is -0.584. The lowest BCUT2D eigenvalue weighted by molar-refractivity contribution is -0.394. The molecular weight excluding hydrogens is 290 g/mol. The minimum absolute atomic E-state index is 0.301. The number of hydrogen-bond acceptors (Lipinski definition) is 8. The summed E-state index contributed by atoms with van der Waals surface area (Å²) in [4.78, 5) is 24.5. The number of aromatic nitrogens is 2. The Labute approximate surface area is 117 Å². The summed E-state index contributed by atoms with van der Waals surface area (Å²) in [5.74, 6) is -1.95. The van der Waals surface area contributed by atoms with Gasteiger partial charge in [-0.3, -0.25) is 4.79 Å². The molecule has 2 rings (SSSR count). The van der Waals surface area contributed by atoms with Gasteiger partial charge in [0.05, 0.1) is 13.0 Å². The molecule has 1 aliphatic rings. The van der Waals surface area contributed by atoms with Gasteiger partial charge in [-0.1, -0.05) is 0 Å². The summed E-state index contributed by atoms with van der Waals surface area (Å²) in [7, 11) is 0. The summed E-state index contributed by atoms with van der Waals surface area (Å²) in [5.41, 5.74) is -0.301. The Kier molecular flexibility index (Phi) is 4.18. The van der Waals surface area contributed by atoms with Crippen LogP contribution < -0.4 is 0 Å². The highest BCUT2D eigenvalue weighted by Gasteiger charge is 2.47. The van der Waals surface area contributed by atoms with Gasteiger partial charge in [0.2, 0.25) is 6.23 Å². The van der Waals surface area contributed by atoms with Crippen LogP contribution in [0.1, 0.15) is 11.9 Å². The van der Waals surface area contributed by atoms with Crippen LogP contribution in [0.4, 0.5) is 5.82 Å². The lowest BCUT2D eigenvalue weighted by Gasteiger charge is -2.12. The summed E-state index contributed by atoms with van der Waals surface area (Å²) < 4.78 is 5.99. The topological polar surface area (TPSA) is 168 Å². The van der Waals surface area contributed by atoms with E-state index in [0.29, 0.717) is 0 Å². The van der Waals surface area contributed by atoms with Crippen molar-refractivity contribution in [3.63, 3.8) is 0 Å². The van der Waals surface area contributed by atoms with Crippen LogP contribution in [0.15, 0.2) is 6.33 Å². The van der Waals surface area contributed by atoms with Crippen molar-refractivity contribution in [3.8, 4) is 0 Å². The van der Waals surface area contributed by atoms with Crippen LogP contribution in [0, 0.1) is 10.1 Å². The number of carbonyl (C=O) groups is 1. The van der Waals surface area contributed by atoms with Crippen LogP contribution in [0.2, 0.25) is 0 Å². The first kappa shape index (κ1) is 15.3. The normalized spacial score (nSPS) is 28.7. The molecule has 0 saturated carbocycles. The number of nitro groups is 1. The number of rotatable bonds is 5. The van der Waals surface area contributed by atoms with E-state index in [0.717, 1.165) is 10.9 Å². The Balaban J connectivity index is 2.38. The van der Waals surface area contributed by atoms with Crippen molar-refractivity contribution in [2.45, 2.75) is 31.0 Å². The molecular formula is C10H13N3O8. The van der Waals surface area contributed by atoms with Gasteiger partial charge in [-0.2, -0.15) is 4.57 Å². The third-order valence-corrected chi connectivity index (χ3v) is 3.12. The molecule has 0 radical (unpaired) electrons. The number of aliphatic hydroxyl groups is 3. The van der Waals surface area contributed by atoms with Crippen molar-refractivity contribution in [3.05, 3.63) is 22.1 Å². The molecule has 0 aromatic carbocycles. The zero-order chi connectivity index (χ0) is 15.7. The maximum atomic E-state index is 11.1. The smallest absolute Gasteiger partial charge is 0.348 e. The number of aliphatic carboxylic acids is 1. The molecule has 2 heterocycles. The molecule has 1 aromatic rings. The minimum Gasteiger partial charge on any atom is -0.481 e. The number of carboxylic acid groups (broad SMARTS) is 1. The molecule has 11 heteroatoms. The van der Waals surface area contributed by atoms with Crippen LogP contribution in [-0.4, -0.2) is 65.8 Å². The highest BCUT2D eigenvalue weighted by molar-refractivity contribution is 5.70. The van der Waals surface area contributed by atoms with Gasteiger partial charge in [0.1, 0.15) is 24.0 Å². The van der Waals surface area contributed by atoms with E-state index in [2.05, 4.69) is 4.98 Å². The first-order chi connectivity index (χ1) is 9.86. The zero-order valence-electron chi connectivity index (χ0n) is 10.6. The maximum Gasteiger partial charge on any atom is 0.348 e. The Morgan fingerprint density at radius 2 is 2.14 bits per heavy atom. The van der Waals surface area contributed by atoms with Crippen molar-refractivity contribution in [1.29, 1.82) is 0 Å². The molecule has 1 fully saturated rings. The van der Waals surface area contributed by atoms with Gasteiger partial charge in [0.25, 0.3) is 0 Å². The van der Waals surface area contributed by atoms with E-state index in [9.17, 15) is 25.1 Å². The van der Waals surface area contributed by atoms with Gasteiger partial charge >= 0.3 is 11.8 Å². The molecule has 0 spiro atoms. The Bertz CT molecular complexity index is 558. The molecule has 11 nitrogen and oxygen atoms in total. The van der Waals surface area contributed by atoms with Crippen LogP contribution in [0.25, 0.3) is 0 Å². The van der Waals surface area contributed by atoms with E-state index in [-0.39, 0.29) is 5.69 Å². The molecule has 4 N–H and O–H groups in total. The van der Waals surface area contributed by atoms with Crippen molar-refractivity contribution in [2.75, 3.05) is 6.61 Å². The van der Waals surface area contributed by atoms with Gasteiger partial charge in [0, 0.05) is 0 Å². The number of aliphatic hydroxyl groups excluding tert-OH is 3. The van der Waals surface area contributed by atoms with Crippen molar-refractivity contribution in [1.82, 2.24) is 9.55 Å². The molecule has 21 heavy (non-hydrogen) atoms. The zero-order valence-corrected chi connectivity index (χ0v) is 10.6. The van der Waals surface area contributed by atoms with Crippen molar-refractivity contribution >= 4 is 11.8 Å². The van der Waals surface area contributed by atoms with Crippen molar-refractivity contribution in [2.24, 2.45) is 0 Å². The third kappa shape index (κ3) is 2.71. The molecule has 116 valence electrons. The standard InChI is InChI=1S/C10H13N3O8/c14-2-5-7(17)8(18)10(21-5)12-3-11-4(1-6(15)16)9(12)13(19)20/h3,5,7-8,10,14,17-18H,1-2H2,(H,15,16). The fourth-order valence-corrected chi connectivity index (χ4v) is 2.16. The third-order valence-electron chi connectivity index (χ3n) is 3.12. The number of carboxylic acids is 1. The number of ether oxygens (including phenoxy) is 1. The fourth-order valence-electron chi connectivity index (χ4n) is 2.16. The first-order valence-corrected chi connectivity index (χ1v) is 5.91. The Hall–Kier alpha value is -2.08. The van der Waals surface area contributed by atoms with E-state index in [4.69, 9.17) is 14.9 Å². The average Bonchev–Trinajstić information content (AvgIpc) is 2.92. The van der Waals surface area contributed by atoms with Gasteiger partial charge in [-0.15, -0.1) is 0 Å². The Morgan fingerprint density at radius 3 is 2.62 bits per heavy atom. The second kappa shape index (κ2) is 5.73. The molecule has 0 bridgehead atoms. The number of nitrogens with zero attached hydrogens (tertiary/aromatic N) is 3. The van der Waals surface area contributed by atoms with Gasteiger partial charge in [-0.05, 0) is 4.92 Å². The maximum absolute atomic E-state index is 11.1. The summed E-state index contributed by atoms with van der Waals surface area (Å²) in [6.07, 6.45) is -5.10. The quantitative estimate of drug-likeness (QED) is 0.356. The van der Waals surface area contributed by atoms with E-state index in [1.165, 1.54) is 0 Å². The fraction of sp³-hybridized carbons (Fsp3) is 0.600. The monoisotopic (exact) mass is 303 g/mol. The van der Waals surface area contributed by atoms with E-state index < -0.39 is 54.3 Å². The average molecular weight is 303 g/mol. The van der Waals surface area contributed by atoms with E-state index in [1.807, 2.05) is 0 Å². The lowest BCUT2D eigenvalue weighted by atomic mass is 10.1. The second-order valence-electron chi connectivity index (χ2n) is 4.48. The predicted octanol–water partition coefficient (Wildman–Crippen LogP) is -1.97. The minimum atomic E-state index is -1.52. The number of hydrogen-bond donors (Lipinski definition) is 4. The lowest BCUT2D eigenvalue weighted by Crippen LogP contribution is -2.33. The van der Waals surface area contributed by atoms with Gasteiger partial charge < -0.3 is 35.3 Å². The van der Waals surface area contributed by atoms with Crippen LogP contribution in [-0.2, 0) is 16.0 Å². The summed E-state index contributed by atoms with van der Waals surface area (Å²) >= 11 is 0. The van der Waals surface area contributed by atoms with E-state index >= 15 is 0 Å². The Morgan fingerprint density at radius 1 is 1.48 bits per heavy atom. The van der Waals surface area contributed by atoms with Gasteiger partial charge in [0.15, 0.2) is 6.33 Å². The van der Waals surface area contributed by atoms with Gasteiger partial charge in [-0.25, -0.2) is 4.98 Å². The second-order valence-corrected chi connectivity index (χ2v) is 4.48. The molecule has 0 amide bonds. The molecule has 1 aromatic heterocycles. The molecule has 1 aliphatic heterocycles. The molecule has 0 aliphatic carbocycles. The molecule has 1 saturated heterocycles. The highest BCUT2D eigenvalue weighted by atomic mass is 16.6. The summed E-state index contributed by atoms with van der Waals surface area (Å²) in [5, 5.41) is 48.2. The molecule has 4 unspecified atom stereocenters. The largest absolute Gasteiger partial charge is 0.481 e.